The normalized spacial score (nSPS) is 13.7. The molecule has 0 bridgehead atoms. The number of benzene rings is 6. The summed E-state index contributed by atoms with van der Waals surface area (Å²) in [6.45, 7) is 4.70. The van der Waals surface area contributed by atoms with Gasteiger partial charge in [-0.05, 0) is 65.2 Å². The van der Waals surface area contributed by atoms with Crippen LogP contribution in [-0.4, -0.2) is 4.68 Å². The molecule has 42 heavy (non-hydrogen) atoms. The standard InChI is InChI=1S/C39H28N2O/c1-39(2)31-18-12-21-35(38(31)30-24-37-29(23-32(30)39)28-17-8-11-22-36(28)42-37)40(25-13-4-3-5-14-25)41-33-19-9-6-15-26(33)27-16-7-10-20-34(27)41/h3-24H,1-2H3. The lowest BCUT2D eigenvalue weighted by Crippen LogP contribution is -2.25. The van der Waals surface area contributed by atoms with Crippen LogP contribution < -0.4 is 5.01 Å². The summed E-state index contributed by atoms with van der Waals surface area (Å²) in [6, 6.07) is 47.9. The Hall–Kier alpha value is -5.28. The Morgan fingerprint density at radius 1 is 0.548 bits per heavy atom. The number of rotatable bonds is 3. The maximum atomic E-state index is 6.41. The number of anilines is 2. The molecule has 2 heterocycles. The zero-order chi connectivity index (χ0) is 28.0. The van der Waals surface area contributed by atoms with Crippen molar-refractivity contribution in [1.82, 2.24) is 4.68 Å². The molecule has 0 unspecified atom stereocenters. The third-order valence-electron chi connectivity index (χ3n) is 9.16. The second-order valence-electron chi connectivity index (χ2n) is 11.8. The summed E-state index contributed by atoms with van der Waals surface area (Å²) in [7, 11) is 0. The van der Waals surface area contributed by atoms with Crippen LogP contribution >= 0.6 is 0 Å². The first kappa shape index (κ1) is 23.4. The molecule has 0 spiro atoms. The number of furan rings is 1. The zero-order valence-electron chi connectivity index (χ0n) is 23.5. The molecule has 9 rings (SSSR count). The van der Waals surface area contributed by atoms with Crippen LogP contribution in [0.25, 0.3) is 54.9 Å². The number of aromatic nitrogens is 1. The third kappa shape index (κ3) is 3.05. The van der Waals surface area contributed by atoms with Gasteiger partial charge in [0, 0.05) is 32.5 Å². The molecule has 0 saturated heterocycles. The Kier molecular flexibility index (Phi) is 4.67. The van der Waals surface area contributed by atoms with E-state index in [9.17, 15) is 0 Å². The van der Waals surface area contributed by atoms with E-state index < -0.39 is 0 Å². The largest absolute Gasteiger partial charge is 0.456 e. The van der Waals surface area contributed by atoms with Gasteiger partial charge in [-0.1, -0.05) is 98.8 Å². The molecule has 0 aliphatic heterocycles. The van der Waals surface area contributed by atoms with Crippen LogP contribution in [0.2, 0.25) is 0 Å². The van der Waals surface area contributed by atoms with Gasteiger partial charge in [-0.25, -0.2) is 9.69 Å². The first-order valence-electron chi connectivity index (χ1n) is 14.5. The minimum absolute atomic E-state index is 0.170. The molecule has 1 aliphatic carbocycles. The van der Waals surface area contributed by atoms with E-state index in [0.717, 1.165) is 22.5 Å². The van der Waals surface area contributed by atoms with Gasteiger partial charge in [-0.2, -0.15) is 0 Å². The molecular weight excluding hydrogens is 512 g/mol. The molecular formula is C39H28N2O. The van der Waals surface area contributed by atoms with E-state index in [1.165, 1.54) is 54.8 Å². The van der Waals surface area contributed by atoms with E-state index in [2.05, 4.69) is 151 Å². The van der Waals surface area contributed by atoms with Crippen LogP contribution in [0.1, 0.15) is 25.0 Å². The highest BCUT2D eigenvalue weighted by molar-refractivity contribution is 6.10. The second kappa shape index (κ2) is 8.37. The Balaban J connectivity index is 1.40. The highest BCUT2D eigenvalue weighted by atomic mass is 16.3. The average Bonchev–Trinajstić information content (AvgIpc) is 3.63. The van der Waals surface area contributed by atoms with E-state index >= 15 is 0 Å². The predicted molar refractivity (Wildman–Crippen MR) is 175 cm³/mol. The fourth-order valence-corrected chi connectivity index (χ4v) is 7.21. The monoisotopic (exact) mass is 540 g/mol. The van der Waals surface area contributed by atoms with Gasteiger partial charge in [0.2, 0.25) is 0 Å². The molecule has 6 aromatic carbocycles. The molecule has 0 amide bonds. The molecule has 0 fully saturated rings. The summed E-state index contributed by atoms with van der Waals surface area (Å²) in [5.74, 6) is 0. The van der Waals surface area contributed by atoms with Crippen molar-refractivity contribution in [3.05, 3.63) is 145 Å². The van der Waals surface area contributed by atoms with Crippen molar-refractivity contribution in [1.29, 1.82) is 0 Å². The Morgan fingerprint density at radius 3 is 1.93 bits per heavy atom. The van der Waals surface area contributed by atoms with E-state index in [-0.39, 0.29) is 5.41 Å². The zero-order valence-corrected chi connectivity index (χ0v) is 23.5. The maximum absolute atomic E-state index is 6.41. The lowest BCUT2D eigenvalue weighted by Gasteiger charge is -2.30. The second-order valence-corrected chi connectivity index (χ2v) is 11.8. The van der Waals surface area contributed by atoms with E-state index in [1.54, 1.807) is 0 Å². The van der Waals surface area contributed by atoms with E-state index in [1.807, 2.05) is 6.07 Å². The predicted octanol–water partition coefficient (Wildman–Crippen LogP) is 10.6. The summed E-state index contributed by atoms with van der Waals surface area (Å²) in [4.78, 5) is 0. The summed E-state index contributed by atoms with van der Waals surface area (Å²) < 4.78 is 8.80. The van der Waals surface area contributed by atoms with Crippen molar-refractivity contribution < 1.29 is 4.42 Å². The van der Waals surface area contributed by atoms with Crippen LogP contribution in [0.15, 0.2) is 138 Å². The molecule has 0 saturated carbocycles. The van der Waals surface area contributed by atoms with Gasteiger partial charge in [0.15, 0.2) is 0 Å². The molecule has 0 radical (unpaired) electrons. The van der Waals surface area contributed by atoms with E-state index in [0.29, 0.717) is 0 Å². The number of hydrogen-bond acceptors (Lipinski definition) is 2. The highest BCUT2D eigenvalue weighted by Crippen LogP contribution is 2.55. The molecule has 3 heteroatoms. The van der Waals surface area contributed by atoms with Gasteiger partial charge in [0.05, 0.1) is 22.4 Å². The number of hydrogen-bond donors (Lipinski definition) is 0. The number of nitrogens with zero attached hydrogens (tertiary/aromatic N) is 2. The fourth-order valence-electron chi connectivity index (χ4n) is 7.21. The topological polar surface area (TPSA) is 21.3 Å². The summed E-state index contributed by atoms with van der Waals surface area (Å²) in [6.07, 6.45) is 0. The molecule has 200 valence electrons. The quantitative estimate of drug-likeness (QED) is 0.222. The van der Waals surface area contributed by atoms with Gasteiger partial charge >= 0.3 is 0 Å². The molecule has 0 N–H and O–H groups in total. The minimum atomic E-state index is -0.170. The SMILES string of the molecule is CC1(C)c2cc3c(cc2-c2c(N(c4ccccc4)n4c5ccccc5c5ccccc54)cccc21)oc1ccccc13. The van der Waals surface area contributed by atoms with Crippen molar-refractivity contribution in [3.63, 3.8) is 0 Å². The maximum Gasteiger partial charge on any atom is 0.136 e. The van der Waals surface area contributed by atoms with E-state index in [4.69, 9.17) is 4.42 Å². The summed E-state index contributed by atoms with van der Waals surface area (Å²) in [5.41, 5.74) is 11.4. The average molecular weight is 541 g/mol. The van der Waals surface area contributed by atoms with Crippen LogP contribution in [0, 0.1) is 0 Å². The van der Waals surface area contributed by atoms with Crippen molar-refractivity contribution in [3.8, 4) is 11.1 Å². The molecule has 3 nitrogen and oxygen atoms in total. The van der Waals surface area contributed by atoms with Crippen LogP contribution in [0.4, 0.5) is 11.4 Å². The van der Waals surface area contributed by atoms with Crippen LogP contribution in [0.5, 0.6) is 0 Å². The first-order valence-corrected chi connectivity index (χ1v) is 14.5. The Morgan fingerprint density at radius 2 is 1.19 bits per heavy atom. The Bertz CT molecular complexity index is 2290. The van der Waals surface area contributed by atoms with Gasteiger partial charge in [0.1, 0.15) is 11.2 Å². The van der Waals surface area contributed by atoms with Gasteiger partial charge in [-0.3, -0.25) is 0 Å². The fraction of sp³-hybridized carbons (Fsp3) is 0.0769. The van der Waals surface area contributed by atoms with Crippen molar-refractivity contribution >= 4 is 55.1 Å². The first-order chi connectivity index (χ1) is 20.6. The number of fused-ring (bicyclic) bond motifs is 9. The Labute approximate surface area is 243 Å². The summed E-state index contributed by atoms with van der Waals surface area (Å²) >= 11 is 0. The van der Waals surface area contributed by atoms with Gasteiger partial charge in [-0.15, -0.1) is 0 Å². The smallest absolute Gasteiger partial charge is 0.136 e. The number of para-hydroxylation sites is 4. The highest BCUT2D eigenvalue weighted by Gasteiger charge is 2.39. The lowest BCUT2D eigenvalue weighted by molar-refractivity contribution is 0.657. The third-order valence-corrected chi connectivity index (χ3v) is 9.16. The molecule has 2 aromatic heterocycles. The van der Waals surface area contributed by atoms with Gasteiger partial charge in [0.25, 0.3) is 0 Å². The van der Waals surface area contributed by atoms with Crippen molar-refractivity contribution in [2.24, 2.45) is 0 Å². The van der Waals surface area contributed by atoms with Crippen molar-refractivity contribution in [2.45, 2.75) is 19.3 Å². The van der Waals surface area contributed by atoms with Gasteiger partial charge < -0.3 is 4.42 Å². The minimum Gasteiger partial charge on any atom is -0.456 e. The lowest BCUT2D eigenvalue weighted by atomic mass is 9.82. The van der Waals surface area contributed by atoms with Crippen LogP contribution in [0.3, 0.4) is 0 Å². The molecule has 1 aliphatic rings. The van der Waals surface area contributed by atoms with Crippen molar-refractivity contribution in [2.75, 3.05) is 5.01 Å². The van der Waals surface area contributed by atoms with Crippen LogP contribution in [-0.2, 0) is 5.41 Å². The summed E-state index contributed by atoms with van der Waals surface area (Å²) in [5, 5.41) is 7.22. The molecule has 8 aromatic rings. The molecule has 0 atom stereocenters.